The predicted molar refractivity (Wildman–Crippen MR) is 99.2 cm³/mol. The third-order valence-corrected chi connectivity index (χ3v) is 5.05. The van der Waals surface area contributed by atoms with Crippen LogP contribution in [0.15, 0.2) is 34.9 Å². The zero-order valence-electron chi connectivity index (χ0n) is 15.3. The Balaban J connectivity index is 1.48. The number of aromatic nitrogens is 1. The summed E-state index contributed by atoms with van der Waals surface area (Å²) >= 11 is 0. The van der Waals surface area contributed by atoms with Crippen LogP contribution in [0.2, 0.25) is 0 Å². The Kier molecular flexibility index (Phi) is 4.70. The summed E-state index contributed by atoms with van der Waals surface area (Å²) in [7, 11) is 0. The van der Waals surface area contributed by atoms with Crippen LogP contribution in [0.25, 0.3) is 0 Å². The molecule has 2 fully saturated rings. The van der Waals surface area contributed by atoms with Crippen LogP contribution < -0.4 is 10.6 Å². The molecular formula is C19H23N5O3. The van der Waals surface area contributed by atoms with E-state index in [1.165, 1.54) is 0 Å². The van der Waals surface area contributed by atoms with Gasteiger partial charge in [0, 0.05) is 37.9 Å². The van der Waals surface area contributed by atoms with Crippen molar-refractivity contribution in [3.8, 4) is 0 Å². The first-order valence-corrected chi connectivity index (χ1v) is 9.23. The molecule has 0 bridgehead atoms. The molecule has 1 aromatic carbocycles. The minimum absolute atomic E-state index is 0.0728. The number of para-hydroxylation sites is 1. The highest BCUT2D eigenvalue weighted by Gasteiger charge is 2.33. The summed E-state index contributed by atoms with van der Waals surface area (Å²) < 4.78 is 5.38. The van der Waals surface area contributed by atoms with Gasteiger partial charge < -0.3 is 25.0 Å². The maximum Gasteiger partial charge on any atom is 0.322 e. The highest BCUT2D eigenvalue weighted by Crippen LogP contribution is 2.33. The first-order chi connectivity index (χ1) is 13.1. The molecular weight excluding hydrogens is 346 g/mol. The highest BCUT2D eigenvalue weighted by atomic mass is 16.5. The average molecular weight is 369 g/mol. The second-order valence-corrected chi connectivity index (χ2v) is 6.96. The zero-order chi connectivity index (χ0) is 18.8. The molecule has 8 heteroatoms. The van der Waals surface area contributed by atoms with E-state index in [-0.39, 0.29) is 18.1 Å². The van der Waals surface area contributed by atoms with E-state index in [9.17, 15) is 9.59 Å². The number of hydrogen-bond acceptors (Lipinski definition) is 4. The number of carbonyl (C=O) groups is 2. The molecule has 142 valence electrons. The molecule has 2 aromatic rings. The van der Waals surface area contributed by atoms with Gasteiger partial charge in [0.1, 0.15) is 0 Å². The van der Waals surface area contributed by atoms with Gasteiger partial charge in [0.15, 0.2) is 5.76 Å². The van der Waals surface area contributed by atoms with E-state index in [2.05, 4.69) is 15.8 Å². The van der Waals surface area contributed by atoms with Crippen molar-refractivity contribution in [2.24, 2.45) is 0 Å². The summed E-state index contributed by atoms with van der Waals surface area (Å²) in [5.74, 6) is 0.724. The minimum Gasteiger partial charge on any atom is -0.359 e. The van der Waals surface area contributed by atoms with Gasteiger partial charge in [0.05, 0.1) is 11.7 Å². The van der Waals surface area contributed by atoms with Gasteiger partial charge in [-0.15, -0.1) is 0 Å². The Morgan fingerprint density at radius 3 is 2.96 bits per heavy atom. The third-order valence-electron chi connectivity index (χ3n) is 5.05. The van der Waals surface area contributed by atoms with Gasteiger partial charge in [-0.2, -0.15) is 0 Å². The van der Waals surface area contributed by atoms with E-state index in [0.717, 1.165) is 35.5 Å². The first-order valence-electron chi connectivity index (χ1n) is 9.23. The number of nitrogens with one attached hydrogen (secondary N) is 2. The fourth-order valence-electron chi connectivity index (χ4n) is 3.68. The van der Waals surface area contributed by atoms with Crippen LogP contribution in [0, 0.1) is 6.92 Å². The molecule has 2 aliphatic rings. The lowest BCUT2D eigenvalue weighted by Crippen LogP contribution is -2.35. The molecule has 1 atom stereocenters. The van der Waals surface area contributed by atoms with Crippen molar-refractivity contribution in [3.63, 3.8) is 0 Å². The molecule has 0 aliphatic carbocycles. The van der Waals surface area contributed by atoms with Crippen LogP contribution in [0.1, 0.15) is 35.9 Å². The molecule has 4 rings (SSSR count). The molecule has 0 spiro atoms. The number of nitrogens with zero attached hydrogens (tertiary/aromatic N) is 3. The molecule has 2 aliphatic heterocycles. The van der Waals surface area contributed by atoms with E-state index in [1.807, 2.05) is 37.3 Å². The van der Waals surface area contributed by atoms with Crippen molar-refractivity contribution in [3.05, 3.63) is 47.3 Å². The van der Waals surface area contributed by atoms with Crippen molar-refractivity contribution in [2.75, 3.05) is 25.0 Å². The highest BCUT2D eigenvalue weighted by molar-refractivity contribution is 5.90. The molecule has 27 heavy (non-hydrogen) atoms. The number of benzene rings is 1. The number of likely N-dealkylation sites (tertiary alicyclic amines) is 1. The number of amides is 4. The fourth-order valence-corrected chi connectivity index (χ4v) is 3.68. The maximum absolute atomic E-state index is 12.9. The first kappa shape index (κ1) is 17.4. The quantitative estimate of drug-likeness (QED) is 0.867. The van der Waals surface area contributed by atoms with Crippen LogP contribution in [0.5, 0.6) is 0 Å². The van der Waals surface area contributed by atoms with Crippen molar-refractivity contribution in [2.45, 2.75) is 32.4 Å². The standard InChI is InChI=1S/C19H23N5O3/c1-13-11-17(27-22-13)16-7-4-9-24(16)19(26)21-15-6-3-2-5-14(15)12-23-10-8-20-18(23)25/h2-3,5-6,11,16H,4,7-10,12H2,1H3,(H,20,25)(H,21,26). The predicted octanol–water partition coefficient (Wildman–Crippen LogP) is 2.88. The largest absolute Gasteiger partial charge is 0.359 e. The van der Waals surface area contributed by atoms with Crippen LogP contribution in [-0.2, 0) is 6.54 Å². The topological polar surface area (TPSA) is 90.7 Å². The Morgan fingerprint density at radius 1 is 1.37 bits per heavy atom. The summed E-state index contributed by atoms with van der Waals surface area (Å²) in [6.07, 6.45) is 1.78. The van der Waals surface area contributed by atoms with E-state index < -0.39 is 0 Å². The third kappa shape index (κ3) is 3.60. The lowest BCUT2D eigenvalue weighted by Gasteiger charge is -2.24. The zero-order valence-corrected chi connectivity index (χ0v) is 15.3. The monoisotopic (exact) mass is 369 g/mol. The number of carbonyl (C=O) groups excluding carboxylic acids is 2. The Bertz CT molecular complexity index is 849. The molecule has 2 saturated heterocycles. The average Bonchev–Trinajstić information content (AvgIpc) is 3.38. The Morgan fingerprint density at radius 2 is 2.22 bits per heavy atom. The maximum atomic E-state index is 12.9. The molecule has 1 aromatic heterocycles. The van der Waals surface area contributed by atoms with Gasteiger partial charge in [-0.05, 0) is 31.4 Å². The molecule has 3 heterocycles. The summed E-state index contributed by atoms with van der Waals surface area (Å²) in [4.78, 5) is 28.3. The van der Waals surface area contributed by atoms with Gasteiger partial charge in [0.2, 0.25) is 0 Å². The van der Waals surface area contributed by atoms with Crippen LogP contribution in [0.4, 0.5) is 15.3 Å². The lowest BCUT2D eigenvalue weighted by molar-refractivity contribution is 0.195. The van der Waals surface area contributed by atoms with E-state index in [0.29, 0.717) is 26.2 Å². The van der Waals surface area contributed by atoms with E-state index in [1.54, 1.807) is 9.80 Å². The van der Waals surface area contributed by atoms with Crippen LogP contribution in [-0.4, -0.2) is 46.7 Å². The van der Waals surface area contributed by atoms with Gasteiger partial charge in [-0.1, -0.05) is 23.4 Å². The van der Waals surface area contributed by atoms with Crippen molar-refractivity contribution >= 4 is 17.7 Å². The number of hydrogen-bond donors (Lipinski definition) is 2. The number of rotatable bonds is 4. The van der Waals surface area contributed by atoms with Crippen LogP contribution in [0.3, 0.4) is 0 Å². The minimum atomic E-state index is -0.162. The summed E-state index contributed by atoms with van der Waals surface area (Å²) in [5.41, 5.74) is 2.45. The number of aryl methyl sites for hydroxylation is 1. The molecule has 4 amide bonds. The Labute approximate surface area is 157 Å². The molecule has 0 radical (unpaired) electrons. The smallest absolute Gasteiger partial charge is 0.322 e. The summed E-state index contributed by atoms with van der Waals surface area (Å²) in [6.45, 7) is 4.33. The SMILES string of the molecule is Cc1cc(C2CCCN2C(=O)Nc2ccccc2CN2CCNC2=O)on1. The van der Waals surface area contributed by atoms with Gasteiger partial charge in [-0.3, -0.25) is 0 Å². The van der Waals surface area contributed by atoms with Gasteiger partial charge in [-0.25, -0.2) is 9.59 Å². The molecule has 8 nitrogen and oxygen atoms in total. The fraction of sp³-hybridized carbons (Fsp3) is 0.421. The Hall–Kier alpha value is -3.03. The molecule has 0 saturated carbocycles. The normalized spacial score (nSPS) is 19.4. The van der Waals surface area contributed by atoms with Crippen molar-refractivity contribution in [1.82, 2.24) is 20.3 Å². The molecule has 1 unspecified atom stereocenters. The van der Waals surface area contributed by atoms with E-state index >= 15 is 0 Å². The second kappa shape index (κ2) is 7.30. The number of anilines is 1. The van der Waals surface area contributed by atoms with E-state index in [4.69, 9.17) is 4.52 Å². The molecule has 2 N–H and O–H groups in total. The number of urea groups is 2. The van der Waals surface area contributed by atoms with Gasteiger partial charge in [0.25, 0.3) is 0 Å². The van der Waals surface area contributed by atoms with Crippen molar-refractivity contribution < 1.29 is 14.1 Å². The lowest BCUT2D eigenvalue weighted by atomic mass is 10.1. The summed E-state index contributed by atoms with van der Waals surface area (Å²) in [6, 6.07) is 9.15. The van der Waals surface area contributed by atoms with Crippen LogP contribution >= 0.6 is 0 Å². The second-order valence-electron chi connectivity index (χ2n) is 6.96. The summed E-state index contributed by atoms with van der Waals surface area (Å²) in [5, 5.41) is 9.75. The van der Waals surface area contributed by atoms with Crippen molar-refractivity contribution in [1.29, 1.82) is 0 Å². The van der Waals surface area contributed by atoms with Gasteiger partial charge >= 0.3 is 12.1 Å².